The standard InChI is InChI=1S/C16H21ClN4O4.ClH/c1-9(8-18)19-13(22)4-5-14-20-16(21-25-14)10-6-11(17)15(24-3)12(7-10)23-2;/h6-7,9H,4-5,8,18H2,1-3H3,(H,19,22);1H/t9-;/m0./s1. The fraction of sp³-hybridized carbons (Fsp3) is 0.438. The van der Waals surface area contributed by atoms with Crippen LogP contribution in [-0.4, -0.2) is 42.9 Å². The molecule has 2 aromatic rings. The molecule has 26 heavy (non-hydrogen) atoms. The summed E-state index contributed by atoms with van der Waals surface area (Å²) >= 11 is 6.18. The van der Waals surface area contributed by atoms with E-state index in [1.807, 2.05) is 6.92 Å². The number of nitrogens with zero attached hydrogens (tertiary/aromatic N) is 2. The van der Waals surface area contributed by atoms with Gasteiger partial charge in [-0.05, 0) is 19.1 Å². The summed E-state index contributed by atoms with van der Waals surface area (Å²) in [5.74, 6) is 1.49. The highest BCUT2D eigenvalue weighted by atomic mass is 35.5. The third-order valence-electron chi connectivity index (χ3n) is 3.49. The molecule has 0 aliphatic rings. The maximum absolute atomic E-state index is 11.8. The van der Waals surface area contributed by atoms with Crippen molar-refractivity contribution < 1.29 is 18.8 Å². The Morgan fingerprint density at radius 2 is 2.12 bits per heavy atom. The highest BCUT2D eigenvalue weighted by Crippen LogP contribution is 2.38. The molecule has 0 saturated heterocycles. The van der Waals surface area contributed by atoms with Crippen LogP contribution in [0.2, 0.25) is 5.02 Å². The topological polar surface area (TPSA) is 112 Å². The number of nitrogens with two attached hydrogens (primary N) is 1. The molecule has 1 aromatic carbocycles. The second kappa shape index (κ2) is 10.2. The number of carbonyl (C=O) groups excluding carboxylic acids is 1. The summed E-state index contributed by atoms with van der Waals surface area (Å²) in [5.41, 5.74) is 6.09. The molecule has 10 heteroatoms. The summed E-state index contributed by atoms with van der Waals surface area (Å²) in [4.78, 5) is 16.0. The zero-order chi connectivity index (χ0) is 18.4. The van der Waals surface area contributed by atoms with E-state index in [-0.39, 0.29) is 30.8 Å². The van der Waals surface area contributed by atoms with E-state index in [2.05, 4.69) is 15.5 Å². The molecule has 1 heterocycles. The number of halogens is 2. The van der Waals surface area contributed by atoms with E-state index in [1.165, 1.54) is 14.2 Å². The molecule has 1 atom stereocenters. The Bertz CT molecular complexity index is 739. The summed E-state index contributed by atoms with van der Waals surface area (Å²) < 4.78 is 15.6. The predicted octanol–water partition coefficient (Wildman–Crippen LogP) is 2.23. The SMILES string of the molecule is COc1cc(-c2noc(CCC(=O)N[C@@H](C)CN)n2)cc(Cl)c1OC.Cl. The van der Waals surface area contributed by atoms with Gasteiger partial charge in [-0.25, -0.2) is 0 Å². The lowest BCUT2D eigenvalue weighted by molar-refractivity contribution is -0.121. The van der Waals surface area contributed by atoms with Gasteiger partial charge in [0.1, 0.15) is 0 Å². The zero-order valence-corrected chi connectivity index (χ0v) is 16.3. The van der Waals surface area contributed by atoms with Gasteiger partial charge in [-0.15, -0.1) is 12.4 Å². The van der Waals surface area contributed by atoms with E-state index >= 15 is 0 Å². The second-order valence-electron chi connectivity index (χ2n) is 5.41. The summed E-state index contributed by atoms with van der Waals surface area (Å²) in [6.07, 6.45) is 0.565. The molecule has 8 nitrogen and oxygen atoms in total. The van der Waals surface area contributed by atoms with E-state index in [0.717, 1.165) is 0 Å². The molecule has 1 aromatic heterocycles. The monoisotopic (exact) mass is 404 g/mol. The third kappa shape index (κ3) is 5.48. The molecule has 1 amide bonds. The average Bonchev–Trinajstić information content (AvgIpc) is 3.08. The van der Waals surface area contributed by atoms with E-state index in [4.69, 9.17) is 31.3 Å². The van der Waals surface area contributed by atoms with Crippen molar-refractivity contribution in [1.82, 2.24) is 15.5 Å². The third-order valence-corrected chi connectivity index (χ3v) is 3.77. The van der Waals surface area contributed by atoms with Gasteiger partial charge in [0.15, 0.2) is 11.5 Å². The number of hydrogen-bond acceptors (Lipinski definition) is 7. The van der Waals surface area contributed by atoms with Crippen LogP contribution < -0.4 is 20.5 Å². The molecule has 0 fully saturated rings. The lowest BCUT2D eigenvalue weighted by Gasteiger charge is -2.10. The van der Waals surface area contributed by atoms with Crippen molar-refractivity contribution in [2.75, 3.05) is 20.8 Å². The van der Waals surface area contributed by atoms with Crippen LogP contribution in [0.3, 0.4) is 0 Å². The Hall–Kier alpha value is -2.03. The lowest BCUT2D eigenvalue weighted by atomic mass is 10.2. The van der Waals surface area contributed by atoms with Crippen molar-refractivity contribution in [2.45, 2.75) is 25.8 Å². The van der Waals surface area contributed by atoms with Gasteiger partial charge >= 0.3 is 0 Å². The predicted molar refractivity (Wildman–Crippen MR) is 100 cm³/mol. The van der Waals surface area contributed by atoms with Crippen LogP contribution in [0.5, 0.6) is 11.5 Å². The van der Waals surface area contributed by atoms with Crippen LogP contribution in [-0.2, 0) is 11.2 Å². The summed E-state index contributed by atoms with van der Waals surface area (Å²) in [6, 6.07) is 3.29. The van der Waals surface area contributed by atoms with Crippen molar-refractivity contribution >= 4 is 29.9 Å². The van der Waals surface area contributed by atoms with Gasteiger partial charge in [0.2, 0.25) is 17.6 Å². The average molecular weight is 405 g/mol. The van der Waals surface area contributed by atoms with E-state index < -0.39 is 0 Å². The number of ether oxygens (including phenoxy) is 2. The number of nitrogens with one attached hydrogen (secondary N) is 1. The molecule has 0 aliphatic heterocycles. The Labute approximate surface area is 162 Å². The van der Waals surface area contributed by atoms with Gasteiger partial charge in [0.05, 0.1) is 19.2 Å². The quantitative estimate of drug-likeness (QED) is 0.693. The molecule has 0 unspecified atom stereocenters. The lowest BCUT2D eigenvalue weighted by Crippen LogP contribution is -2.37. The number of aryl methyl sites for hydroxylation is 1. The van der Waals surface area contributed by atoms with Crippen molar-refractivity contribution in [3.63, 3.8) is 0 Å². The minimum absolute atomic E-state index is 0. The first-order valence-corrected chi connectivity index (χ1v) is 8.10. The normalized spacial score (nSPS) is 11.4. The van der Waals surface area contributed by atoms with Crippen LogP contribution in [0.15, 0.2) is 16.7 Å². The molecular weight excluding hydrogens is 383 g/mol. The van der Waals surface area contributed by atoms with Gasteiger partial charge in [-0.2, -0.15) is 4.98 Å². The van der Waals surface area contributed by atoms with Gasteiger partial charge in [-0.1, -0.05) is 16.8 Å². The molecule has 0 bridgehead atoms. The summed E-state index contributed by atoms with van der Waals surface area (Å²) in [7, 11) is 3.02. The Kier molecular flexibility index (Phi) is 8.64. The summed E-state index contributed by atoms with van der Waals surface area (Å²) in [6.45, 7) is 2.22. The summed E-state index contributed by atoms with van der Waals surface area (Å²) in [5, 5.41) is 7.07. The van der Waals surface area contributed by atoms with Crippen LogP contribution in [0, 0.1) is 0 Å². The number of aromatic nitrogens is 2. The second-order valence-corrected chi connectivity index (χ2v) is 5.82. The molecule has 0 radical (unpaired) electrons. The molecule has 0 saturated carbocycles. The molecule has 0 aliphatic carbocycles. The minimum Gasteiger partial charge on any atom is -0.493 e. The van der Waals surface area contributed by atoms with Gasteiger partial charge in [-0.3, -0.25) is 4.79 Å². The first kappa shape index (κ1) is 22.0. The number of methoxy groups -OCH3 is 2. The van der Waals surface area contributed by atoms with Crippen molar-refractivity contribution in [2.24, 2.45) is 5.73 Å². The first-order chi connectivity index (χ1) is 12.0. The largest absolute Gasteiger partial charge is 0.493 e. The van der Waals surface area contributed by atoms with Crippen LogP contribution in [0.25, 0.3) is 11.4 Å². The molecule has 2 rings (SSSR count). The fourth-order valence-electron chi connectivity index (χ4n) is 2.15. The van der Waals surface area contributed by atoms with Crippen molar-refractivity contribution in [1.29, 1.82) is 0 Å². The van der Waals surface area contributed by atoms with E-state index in [0.29, 0.717) is 46.8 Å². The van der Waals surface area contributed by atoms with Gasteiger partial charge in [0.25, 0.3) is 0 Å². The van der Waals surface area contributed by atoms with Gasteiger partial charge < -0.3 is 25.0 Å². The number of hydrogen-bond donors (Lipinski definition) is 2. The van der Waals surface area contributed by atoms with Crippen LogP contribution in [0.4, 0.5) is 0 Å². The maximum Gasteiger partial charge on any atom is 0.227 e. The Balaban J connectivity index is 0.00000338. The Morgan fingerprint density at radius 1 is 1.38 bits per heavy atom. The molecule has 144 valence electrons. The van der Waals surface area contributed by atoms with Crippen molar-refractivity contribution in [3.8, 4) is 22.9 Å². The zero-order valence-electron chi connectivity index (χ0n) is 14.7. The van der Waals surface area contributed by atoms with Crippen LogP contribution in [0.1, 0.15) is 19.2 Å². The number of amides is 1. The number of benzene rings is 1. The van der Waals surface area contributed by atoms with Crippen LogP contribution >= 0.6 is 24.0 Å². The van der Waals surface area contributed by atoms with E-state index in [9.17, 15) is 4.79 Å². The molecular formula is C16H22Cl2N4O4. The first-order valence-electron chi connectivity index (χ1n) is 7.72. The molecule has 3 N–H and O–H groups in total. The minimum atomic E-state index is -0.119. The van der Waals surface area contributed by atoms with E-state index in [1.54, 1.807) is 12.1 Å². The Morgan fingerprint density at radius 3 is 2.73 bits per heavy atom. The number of carbonyl (C=O) groups is 1. The maximum atomic E-state index is 11.8. The fourth-order valence-corrected chi connectivity index (χ4v) is 2.43. The smallest absolute Gasteiger partial charge is 0.227 e. The number of rotatable bonds is 8. The highest BCUT2D eigenvalue weighted by Gasteiger charge is 2.16. The molecule has 0 spiro atoms. The van der Waals surface area contributed by atoms with Gasteiger partial charge in [0, 0.05) is 31.0 Å². The van der Waals surface area contributed by atoms with Crippen molar-refractivity contribution in [3.05, 3.63) is 23.0 Å². The highest BCUT2D eigenvalue weighted by molar-refractivity contribution is 6.32.